The molecule has 0 atom stereocenters. The standard InChI is InChI=1S/C18H34O2.Fe/c1-2-3-4-5-6-7-8-9-10-11-12-13-14-15-16-17-18(19)20;/h9-10H,2-8,11-17H2,1H3,(H,19,20);/p-1/b10-9-;. The van der Waals surface area contributed by atoms with E-state index in [-0.39, 0.29) is 23.5 Å². The third kappa shape index (κ3) is 22.2. The zero-order valence-corrected chi connectivity index (χ0v) is 14.8. The number of rotatable bonds is 15. The van der Waals surface area contributed by atoms with Gasteiger partial charge in [-0.3, -0.25) is 0 Å². The first-order valence-corrected chi connectivity index (χ1v) is 8.62. The van der Waals surface area contributed by atoms with Gasteiger partial charge in [-0.1, -0.05) is 70.4 Å². The van der Waals surface area contributed by atoms with E-state index in [0.29, 0.717) is 0 Å². The molecule has 0 aromatic carbocycles. The van der Waals surface area contributed by atoms with E-state index < -0.39 is 5.97 Å². The molecule has 3 heteroatoms. The Morgan fingerprint density at radius 1 is 0.762 bits per heavy atom. The fourth-order valence-electron chi connectivity index (χ4n) is 2.34. The van der Waals surface area contributed by atoms with Crippen molar-refractivity contribution in [3.63, 3.8) is 0 Å². The van der Waals surface area contributed by atoms with Gasteiger partial charge in [0.1, 0.15) is 0 Å². The van der Waals surface area contributed by atoms with Gasteiger partial charge in [0.15, 0.2) is 0 Å². The van der Waals surface area contributed by atoms with Gasteiger partial charge in [-0.2, -0.15) is 0 Å². The molecule has 0 bridgehead atoms. The monoisotopic (exact) mass is 337 g/mol. The number of allylic oxidation sites excluding steroid dienone is 2. The summed E-state index contributed by atoms with van der Waals surface area (Å²) in [6.45, 7) is 2.26. The van der Waals surface area contributed by atoms with Crippen molar-refractivity contribution in [1.82, 2.24) is 0 Å². The van der Waals surface area contributed by atoms with Gasteiger partial charge in [-0.25, -0.2) is 0 Å². The average Bonchev–Trinajstić information content (AvgIpc) is 2.43. The summed E-state index contributed by atoms with van der Waals surface area (Å²) in [7, 11) is 0. The molecule has 0 aromatic rings. The van der Waals surface area contributed by atoms with Crippen LogP contribution in [0.2, 0.25) is 0 Å². The molecule has 0 rings (SSSR count). The molecule has 0 heterocycles. The van der Waals surface area contributed by atoms with Crippen LogP contribution in [-0.4, -0.2) is 5.97 Å². The van der Waals surface area contributed by atoms with E-state index in [1.807, 2.05) is 0 Å². The Balaban J connectivity index is 0. The van der Waals surface area contributed by atoms with Crippen LogP contribution in [0.3, 0.4) is 0 Å². The molecule has 0 aliphatic carbocycles. The second-order valence-electron chi connectivity index (χ2n) is 5.71. The van der Waals surface area contributed by atoms with Crippen molar-refractivity contribution in [2.75, 3.05) is 0 Å². The summed E-state index contributed by atoms with van der Waals surface area (Å²) in [4.78, 5) is 10.2. The van der Waals surface area contributed by atoms with Crippen molar-refractivity contribution in [3.8, 4) is 0 Å². The van der Waals surface area contributed by atoms with Crippen LogP contribution in [0.15, 0.2) is 12.2 Å². The third-order valence-electron chi connectivity index (χ3n) is 3.64. The molecule has 0 saturated carbocycles. The Morgan fingerprint density at radius 2 is 1.19 bits per heavy atom. The molecule has 0 N–H and O–H groups in total. The van der Waals surface area contributed by atoms with Crippen LogP contribution in [-0.2, 0) is 21.9 Å². The van der Waals surface area contributed by atoms with Crippen LogP contribution in [0.1, 0.15) is 96.8 Å². The molecular formula is C18H33FeO2-. The molecule has 0 unspecified atom stereocenters. The average molecular weight is 337 g/mol. The first kappa shape index (κ1) is 23.0. The molecule has 0 aliphatic heterocycles. The van der Waals surface area contributed by atoms with E-state index in [2.05, 4.69) is 19.1 Å². The largest absolute Gasteiger partial charge is 0.550 e. The van der Waals surface area contributed by atoms with E-state index >= 15 is 0 Å². The second kappa shape index (κ2) is 19.7. The van der Waals surface area contributed by atoms with Gasteiger partial charge in [-0.15, -0.1) is 0 Å². The van der Waals surface area contributed by atoms with Crippen LogP contribution in [0.25, 0.3) is 0 Å². The molecule has 0 aromatic heterocycles. The normalized spacial score (nSPS) is 10.7. The Morgan fingerprint density at radius 3 is 1.67 bits per heavy atom. The number of aliphatic carboxylic acids is 1. The summed E-state index contributed by atoms with van der Waals surface area (Å²) in [6, 6.07) is 0. The smallest absolute Gasteiger partial charge is 0.0414 e. The van der Waals surface area contributed by atoms with Gasteiger partial charge in [0.2, 0.25) is 0 Å². The van der Waals surface area contributed by atoms with Crippen LogP contribution >= 0.6 is 0 Å². The van der Waals surface area contributed by atoms with Crippen molar-refractivity contribution in [3.05, 3.63) is 12.2 Å². The fourth-order valence-corrected chi connectivity index (χ4v) is 2.34. The third-order valence-corrected chi connectivity index (χ3v) is 3.64. The van der Waals surface area contributed by atoms with Crippen LogP contribution in [0.4, 0.5) is 0 Å². The molecule has 0 spiro atoms. The number of carboxylic acid groups (broad SMARTS) is 1. The van der Waals surface area contributed by atoms with Crippen molar-refractivity contribution >= 4 is 5.97 Å². The van der Waals surface area contributed by atoms with Gasteiger partial charge in [0.25, 0.3) is 0 Å². The Bertz CT molecular complexity index is 239. The van der Waals surface area contributed by atoms with Crippen LogP contribution in [0, 0.1) is 0 Å². The van der Waals surface area contributed by atoms with Gasteiger partial charge in [0.05, 0.1) is 0 Å². The SMILES string of the molecule is CCCCCCCC/C=C\CCCCCCCC(=O)[O-].[Fe]. The molecule has 0 amide bonds. The van der Waals surface area contributed by atoms with Crippen molar-refractivity contribution in [2.24, 2.45) is 0 Å². The number of hydrogen-bond acceptors (Lipinski definition) is 2. The number of carboxylic acids is 1. The Labute approximate surface area is 142 Å². The van der Waals surface area contributed by atoms with E-state index in [0.717, 1.165) is 19.3 Å². The van der Waals surface area contributed by atoms with Crippen molar-refractivity contribution in [2.45, 2.75) is 96.8 Å². The van der Waals surface area contributed by atoms with Gasteiger partial charge < -0.3 is 9.90 Å². The summed E-state index contributed by atoms with van der Waals surface area (Å²) in [5.74, 6) is -0.914. The van der Waals surface area contributed by atoms with Crippen LogP contribution in [0.5, 0.6) is 0 Å². The molecule has 0 radical (unpaired) electrons. The minimum atomic E-state index is -0.914. The number of carbonyl (C=O) groups is 1. The Hall–Kier alpha value is -0.271. The number of unbranched alkanes of at least 4 members (excludes halogenated alkanes) is 11. The molecular weight excluding hydrogens is 304 g/mol. The van der Waals surface area contributed by atoms with Gasteiger partial charge in [0, 0.05) is 23.0 Å². The molecule has 0 fully saturated rings. The van der Waals surface area contributed by atoms with E-state index in [1.165, 1.54) is 64.2 Å². The molecule has 126 valence electrons. The molecule has 2 nitrogen and oxygen atoms in total. The minimum Gasteiger partial charge on any atom is -0.550 e. The minimum absolute atomic E-state index is 0. The van der Waals surface area contributed by atoms with E-state index in [4.69, 9.17) is 0 Å². The van der Waals surface area contributed by atoms with Crippen LogP contribution < -0.4 is 5.11 Å². The zero-order chi connectivity index (χ0) is 14.9. The predicted octanol–water partition coefficient (Wildman–Crippen LogP) is 4.77. The maximum absolute atomic E-state index is 10.2. The summed E-state index contributed by atoms with van der Waals surface area (Å²) in [6.07, 6.45) is 20.9. The molecule has 21 heavy (non-hydrogen) atoms. The number of hydrogen-bond donors (Lipinski definition) is 0. The second-order valence-corrected chi connectivity index (χ2v) is 5.71. The summed E-state index contributed by atoms with van der Waals surface area (Å²) in [5.41, 5.74) is 0. The maximum atomic E-state index is 10.2. The van der Waals surface area contributed by atoms with Gasteiger partial charge in [-0.05, 0) is 38.5 Å². The first-order chi connectivity index (χ1) is 9.77. The molecule has 0 aliphatic rings. The summed E-state index contributed by atoms with van der Waals surface area (Å²) < 4.78 is 0. The maximum Gasteiger partial charge on any atom is 0.0414 e. The predicted molar refractivity (Wildman–Crippen MR) is 84.5 cm³/mol. The van der Waals surface area contributed by atoms with Crippen molar-refractivity contribution < 1.29 is 27.0 Å². The van der Waals surface area contributed by atoms with Crippen molar-refractivity contribution in [1.29, 1.82) is 0 Å². The summed E-state index contributed by atoms with van der Waals surface area (Å²) >= 11 is 0. The number of carbonyl (C=O) groups excluding carboxylic acids is 1. The van der Waals surface area contributed by atoms with Gasteiger partial charge >= 0.3 is 0 Å². The molecule has 0 saturated heterocycles. The zero-order valence-electron chi connectivity index (χ0n) is 13.7. The first-order valence-electron chi connectivity index (χ1n) is 8.62. The Kier molecular flexibility index (Phi) is 21.6. The van der Waals surface area contributed by atoms with E-state index in [1.54, 1.807) is 0 Å². The quantitative estimate of drug-likeness (QED) is 0.245. The summed E-state index contributed by atoms with van der Waals surface area (Å²) in [5, 5.41) is 10.2. The fraction of sp³-hybridized carbons (Fsp3) is 0.833. The topological polar surface area (TPSA) is 40.1 Å². The van der Waals surface area contributed by atoms with E-state index in [9.17, 15) is 9.90 Å².